The lowest BCUT2D eigenvalue weighted by molar-refractivity contribution is -0.138. The second-order valence-corrected chi connectivity index (χ2v) is 3.41. The van der Waals surface area contributed by atoms with Crippen LogP contribution in [0.25, 0.3) is 0 Å². The fourth-order valence-electron chi connectivity index (χ4n) is 0.839. The predicted octanol–water partition coefficient (Wildman–Crippen LogP) is 3.15. The summed E-state index contributed by atoms with van der Waals surface area (Å²) in [6.45, 7) is 1.20. The van der Waals surface area contributed by atoms with Crippen molar-refractivity contribution in [3.8, 4) is 0 Å². The van der Waals surface area contributed by atoms with Crippen LogP contribution < -0.4 is 0 Å². The summed E-state index contributed by atoms with van der Waals surface area (Å²) < 4.78 is 49.1. The first kappa shape index (κ1) is 10.7. The topological polar surface area (TPSA) is 12.9 Å². The highest BCUT2D eigenvalue weighted by Gasteiger charge is 2.33. The molecule has 6 heteroatoms. The minimum Gasteiger partial charge on any atom is -0.243 e. The van der Waals surface area contributed by atoms with Crippen molar-refractivity contribution in [1.82, 2.24) is 4.98 Å². The number of aromatic nitrogens is 1. The fraction of sp³-hybridized carbons (Fsp3) is 0.286. The third-order valence-corrected chi connectivity index (χ3v) is 2.19. The maximum absolute atomic E-state index is 12.7. The Hall–Kier alpha value is -0.400. The standard InChI is InChI=1S/C7H4F4IN/c1-3-4(7(9,10)11)2-5(8)6(12)13-3/h2H,1H3. The molecule has 0 aliphatic rings. The quantitative estimate of drug-likeness (QED) is 0.408. The molecule has 72 valence electrons. The molecule has 0 fully saturated rings. The first-order valence-electron chi connectivity index (χ1n) is 3.22. The van der Waals surface area contributed by atoms with Crippen molar-refractivity contribution in [1.29, 1.82) is 0 Å². The van der Waals surface area contributed by atoms with E-state index in [-0.39, 0.29) is 9.39 Å². The van der Waals surface area contributed by atoms with E-state index in [0.717, 1.165) is 0 Å². The van der Waals surface area contributed by atoms with Crippen LogP contribution in [0.1, 0.15) is 11.3 Å². The van der Waals surface area contributed by atoms with E-state index in [4.69, 9.17) is 0 Å². The van der Waals surface area contributed by atoms with Crippen LogP contribution in [0.3, 0.4) is 0 Å². The maximum Gasteiger partial charge on any atom is 0.418 e. The van der Waals surface area contributed by atoms with Crippen molar-refractivity contribution < 1.29 is 17.6 Å². The highest BCUT2D eigenvalue weighted by Crippen LogP contribution is 2.31. The Bertz CT molecular complexity index is 334. The Morgan fingerprint density at radius 1 is 1.38 bits per heavy atom. The zero-order valence-corrected chi connectivity index (χ0v) is 8.57. The smallest absolute Gasteiger partial charge is 0.243 e. The highest BCUT2D eigenvalue weighted by molar-refractivity contribution is 14.1. The van der Waals surface area contributed by atoms with Gasteiger partial charge in [0.15, 0.2) is 5.82 Å². The zero-order chi connectivity index (χ0) is 10.2. The van der Waals surface area contributed by atoms with E-state index in [0.29, 0.717) is 6.07 Å². The first-order chi connectivity index (χ1) is 5.82. The molecule has 1 heterocycles. The van der Waals surface area contributed by atoms with Gasteiger partial charge in [-0.2, -0.15) is 13.2 Å². The number of rotatable bonds is 0. The van der Waals surface area contributed by atoms with Gasteiger partial charge in [0.25, 0.3) is 0 Å². The molecule has 1 aromatic rings. The van der Waals surface area contributed by atoms with E-state index >= 15 is 0 Å². The van der Waals surface area contributed by atoms with Gasteiger partial charge >= 0.3 is 6.18 Å². The van der Waals surface area contributed by atoms with Crippen molar-refractivity contribution in [3.05, 3.63) is 26.8 Å². The van der Waals surface area contributed by atoms with E-state index in [1.165, 1.54) is 6.92 Å². The van der Waals surface area contributed by atoms with Gasteiger partial charge in [0, 0.05) is 0 Å². The number of aryl methyl sites for hydroxylation is 1. The highest BCUT2D eigenvalue weighted by atomic mass is 127. The van der Waals surface area contributed by atoms with Gasteiger partial charge < -0.3 is 0 Å². The molecule has 0 spiro atoms. The number of pyridine rings is 1. The molecule has 1 aromatic heterocycles. The second-order valence-electron chi connectivity index (χ2n) is 2.39. The lowest BCUT2D eigenvalue weighted by Gasteiger charge is -2.09. The molecular formula is C7H4F4IN. The molecule has 0 atom stereocenters. The van der Waals surface area contributed by atoms with Gasteiger partial charge in [0.05, 0.1) is 11.3 Å². The zero-order valence-electron chi connectivity index (χ0n) is 6.41. The van der Waals surface area contributed by atoms with Crippen molar-refractivity contribution in [2.45, 2.75) is 13.1 Å². The molecule has 0 bridgehead atoms. The van der Waals surface area contributed by atoms with Crippen molar-refractivity contribution in [3.63, 3.8) is 0 Å². The molecule has 0 aliphatic heterocycles. The van der Waals surface area contributed by atoms with Gasteiger partial charge in [-0.05, 0) is 35.6 Å². The fourth-order valence-corrected chi connectivity index (χ4v) is 1.36. The van der Waals surface area contributed by atoms with Crippen LogP contribution in [0.5, 0.6) is 0 Å². The SMILES string of the molecule is Cc1nc(I)c(F)cc1C(F)(F)F. The van der Waals surface area contributed by atoms with Crippen LogP contribution in [0.4, 0.5) is 17.6 Å². The van der Waals surface area contributed by atoms with Crippen molar-refractivity contribution in [2.24, 2.45) is 0 Å². The van der Waals surface area contributed by atoms with Gasteiger partial charge in [-0.15, -0.1) is 0 Å². The van der Waals surface area contributed by atoms with Crippen LogP contribution in [0.15, 0.2) is 6.07 Å². The average molecular weight is 305 g/mol. The Kier molecular flexibility index (Phi) is 2.79. The van der Waals surface area contributed by atoms with Crippen LogP contribution >= 0.6 is 22.6 Å². The molecular weight excluding hydrogens is 301 g/mol. The van der Waals surface area contributed by atoms with Crippen LogP contribution in [0.2, 0.25) is 0 Å². The first-order valence-corrected chi connectivity index (χ1v) is 4.30. The maximum atomic E-state index is 12.7. The molecule has 0 amide bonds. The minimum absolute atomic E-state index is 0.0527. The summed E-state index contributed by atoms with van der Waals surface area (Å²) in [5.41, 5.74) is -1.23. The summed E-state index contributed by atoms with van der Waals surface area (Å²) in [5.74, 6) is -0.946. The van der Waals surface area contributed by atoms with Crippen molar-refractivity contribution >= 4 is 22.6 Å². The Morgan fingerprint density at radius 3 is 2.38 bits per heavy atom. The normalized spacial score (nSPS) is 11.8. The average Bonchev–Trinajstić information content (AvgIpc) is 1.94. The summed E-state index contributed by atoms with van der Waals surface area (Å²) in [5, 5.41) is 0. The molecule has 0 radical (unpaired) electrons. The lowest BCUT2D eigenvalue weighted by Crippen LogP contribution is -2.10. The molecule has 13 heavy (non-hydrogen) atoms. The summed E-state index contributed by atoms with van der Waals surface area (Å²) in [7, 11) is 0. The van der Waals surface area contributed by atoms with Gasteiger partial charge in [0.1, 0.15) is 3.70 Å². The molecule has 0 saturated heterocycles. The van der Waals surface area contributed by atoms with E-state index in [9.17, 15) is 17.6 Å². The molecule has 1 nitrogen and oxygen atoms in total. The van der Waals surface area contributed by atoms with Gasteiger partial charge in [0.2, 0.25) is 0 Å². The molecule has 0 N–H and O–H groups in total. The molecule has 0 saturated carbocycles. The van der Waals surface area contributed by atoms with Crippen LogP contribution in [0, 0.1) is 16.4 Å². The van der Waals surface area contributed by atoms with Gasteiger partial charge in [-0.25, -0.2) is 9.37 Å². The summed E-state index contributed by atoms with van der Waals surface area (Å²) in [4.78, 5) is 3.43. The lowest BCUT2D eigenvalue weighted by atomic mass is 10.2. The van der Waals surface area contributed by atoms with E-state index < -0.39 is 17.6 Å². The third kappa shape index (κ3) is 2.29. The Labute approximate surface area is 85.3 Å². The number of halogens is 5. The Balaban J connectivity index is 3.32. The van der Waals surface area contributed by atoms with E-state index in [1.54, 1.807) is 22.6 Å². The molecule has 1 rings (SSSR count). The van der Waals surface area contributed by atoms with E-state index in [2.05, 4.69) is 4.98 Å². The summed E-state index contributed by atoms with van der Waals surface area (Å²) in [6, 6.07) is 0.462. The monoisotopic (exact) mass is 305 g/mol. The second kappa shape index (κ2) is 3.39. The number of alkyl halides is 3. The number of nitrogens with zero attached hydrogens (tertiary/aromatic N) is 1. The molecule has 0 aliphatic carbocycles. The summed E-state index contributed by atoms with van der Waals surface area (Å²) in [6.07, 6.45) is -4.54. The van der Waals surface area contributed by atoms with Gasteiger partial charge in [-0.1, -0.05) is 0 Å². The van der Waals surface area contributed by atoms with Crippen LogP contribution in [-0.4, -0.2) is 4.98 Å². The molecule has 0 unspecified atom stereocenters. The number of hydrogen-bond acceptors (Lipinski definition) is 1. The number of hydrogen-bond donors (Lipinski definition) is 0. The predicted molar refractivity (Wildman–Crippen MR) is 46.7 cm³/mol. The third-order valence-electron chi connectivity index (χ3n) is 1.43. The minimum atomic E-state index is -4.54. The van der Waals surface area contributed by atoms with Gasteiger partial charge in [-0.3, -0.25) is 0 Å². The van der Waals surface area contributed by atoms with E-state index in [1.807, 2.05) is 0 Å². The molecule has 0 aromatic carbocycles. The largest absolute Gasteiger partial charge is 0.418 e. The Morgan fingerprint density at radius 2 is 1.92 bits per heavy atom. The van der Waals surface area contributed by atoms with Crippen molar-refractivity contribution in [2.75, 3.05) is 0 Å². The summed E-state index contributed by atoms with van der Waals surface area (Å²) >= 11 is 1.54. The van der Waals surface area contributed by atoms with Crippen LogP contribution in [-0.2, 0) is 6.18 Å².